The van der Waals surface area contributed by atoms with E-state index < -0.39 is 0 Å². The van der Waals surface area contributed by atoms with E-state index in [-0.39, 0.29) is 0 Å². The van der Waals surface area contributed by atoms with Crippen LogP contribution in [0.4, 0.5) is 5.69 Å². The van der Waals surface area contributed by atoms with Crippen LogP contribution in [0, 0.1) is 0 Å². The molecule has 0 saturated carbocycles. The fourth-order valence-corrected chi connectivity index (χ4v) is 2.59. The van der Waals surface area contributed by atoms with Gasteiger partial charge in [0.15, 0.2) is 5.11 Å². The number of ether oxygens (including phenoxy) is 1. The van der Waals surface area contributed by atoms with Gasteiger partial charge in [0, 0.05) is 11.7 Å². The zero-order chi connectivity index (χ0) is 14.4. The molecular formula is C15H23N3OS. The van der Waals surface area contributed by atoms with Gasteiger partial charge in [0.05, 0.1) is 6.61 Å². The molecule has 0 atom stereocenters. The van der Waals surface area contributed by atoms with E-state index >= 15 is 0 Å². The Labute approximate surface area is 126 Å². The van der Waals surface area contributed by atoms with E-state index in [0.717, 1.165) is 37.4 Å². The minimum atomic E-state index is 0.480. The molecule has 0 radical (unpaired) electrons. The highest BCUT2D eigenvalue weighted by molar-refractivity contribution is 7.80. The van der Waals surface area contributed by atoms with Crippen molar-refractivity contribution in [2.75, 3.05) is 32.1 Å². The molecule has 0 aromatic heterocycles. The molecule has 0 aliphatic carbocycles. The Hall–Kier alpha value is -1.33. The molecule has 2 rings (SSSR count). The van der Waals surface area contributed by atoms with Crippen LogP contribution in [0.1, 0.15) is 19.8 Å². The van der Waals surface area contributed by atoms with Crippen LogP contribution in [0.3, 0.4) is 0 Å². The quantitative estimate of drug-likeness (QED) is 0.834. The van der Waals surface area contributed by atoms with E-state index in [4.69, 9.17) is 17.0 Å². The molecule has 1 aliphatic heterocycles. The van der Waals surface area contributed by atoms with Crippen LogP contribution < -0.4 is 15.4 Å². The van der Waals surface area contributed by atoms with Gasteiger partial charge < -0.3 is 20.3 Å². The summed E-state index contributed by atoms with van der Waals surface area (Å²) in [5.41, 5.74) is 0.985. The first kappa shape index (κ1) is 15.1. The van der Waals surface area contributed by atoms with Gasteiger partial charge in [-0.1, -0.05) is 0 Å². The van der Waals surface area contributed by atoms with Crippen molar-refractivity contribution in [3.63, 3.8) is 0 Å². The maximum atomic E-state index is 5.42. The summed E-state index contributed by atoms with van der Waals surface area (Å²) in [6, 6.07) is 8.34. The Morgan fingerprint density at radius 2 is 1.95 bits per heavy atom. The highest BCUT2D eigenvalue weighted by Crippen LogP contribution is 2.16. The van der Waals surface area contributed by atoms with Gasteiger partial charge in [-0.15, -0.1) is 0 Å². The van der Waals surface area contributed by atoms with Gasteiger partial charge in [0.1, 0.15) is 5.75 Å². The SMILES string of the molecule is CCOc1ccc(NC(=S)NC2CCN(C)CC2)cc1. The van der Waals surface area contributed by atoms with Crippen molar-refractivity contribution in [2.45, 2.75) is 25.8 Å². The normalized spacial score (nSPS) is 16.7. The summed E-state index contributed by atoms with van der Waals surface area (Å²) in [6.45, 7) is 4.92. The summed E-state index contributed by atoms with van der Waals surface area (Å²) in [5.74, 6) is 0.882. The predicted molar refractivity (Wildman–Crippen MR) is 87.5 cm³/mol. The van der Waals surface area contributed by atoms with Gasteiger partial charge in [-0.25, -0.2) is 0 Å². The van der Waals surface area contributed by atoms with Crippen molar-refractivity contribution in [1.82, 2.24) is 10.2 Å². The number of rotatable bonds is 4. The molecule has 1 aromatic carbocycles. The van der Waals surface area contributed by atoms with Gasteiger partial charge in [0.25, 0.3) is 0 Å². The smallest absolute Gasteiger partial charge is 0.170 e. The highest BCUT2D eigenvalue weighted by Gasteiger charge is 2.16. The predicted octanol–water partition coefficient (Wildman–Crippen LogP) is 2.47. The van der Waals surface area contributed by atoms with Gasteiger partial charge in [-0.3, -0.25) is 0 Å². The summed E-state index contributed by atoms with van der Waals surface area (Å²) in [4.78, 5) is 2.35. The van der Waals surface area contributed by atoms with Gasteiger partial charge >= 0.3 is 0 Å². The van der Waals surface area contributed by atoms with Crippen LogP contribution in [-0.2, 0) is 0 Å². The lowest BCUT2D eigenvalue weighted by Gasteiger charge is -2.30. The lowest BCUT2D eigenvalue weighted by molar-refractivity contribution is 0.247. The van der Waals surface area contributed by atoms with Gasteiger partial charge in [0.2, 0.25) is 0 Å². The second kappa shape index (κ2) is 7.45. The fraction of sp³-hybridized carbons (Fsp3) is 0.533. The second-order valence-corrected chi connectivity index (χ2v) is 5.54. The molecule has 1 fully saturated rings. The Morgan fingerprint density at radius 1 is 1.30 bits per heavy atom. The number of piperidine rings is 1. The van der Waals surface area contributed by atoms with Crippen LogP contribution in [0.5, 0.6) is 5.75 Å². The van der Waals surface area contributed by atoms with Crippen molar-refractivity contribution < 1.29 is 4.74 Å². The number of thiocarbonyl (C=S) groups is 1. The lowest BCUT2D eigenvalue weighted by atomic mass is 10.1. The standard InChI is InChI=1S/C15H23N3OS/c1-3-19-14-6-4-12(5-7-14)16-15(20)17-13-8-10-18(2)11-9-13/h4-7,13H,3,8-11H2,1-2H3,(H2,16,17,20). The van der Waals surface area contributed by atoms with Crippen molar-refractivity contribution in [1.29, 1.82) is 0 Å². The molecule has 0 spiro atoms. The maximum Gasteiger partial charge on any atom is 0.170 e. The number of hydrogen-bond donors (Lipinski definition) is 2. The van der Waals surface area contributed by atoms with Crippen molar-refractivity contribution in [3.8, 4) is 5.75 Å². The summed E-state index contributed by atoms with van der Waals surface area (Å²) in [7, 11) is 2.16. The average molecular weight is 293 g/mol. The number of nitrogens with one attached hydrogen (secondary N) is 2. The van der Waals surface area contributed by atoms with Crippen LogP contribution in [0.25, 0.3) is 0 Å². The zero-order valence-electron chi connectivity index (χ0n) is 12.2. The number of hydrogen-bond acceptors (Lipinski definition) is 3. The van der Waals surface area contributed by atoms with Crippen molar-refractivity contribution in [3.05, 3.63) is 24.3 Å². The van der Waals surface area contributed by atoms with E-state index in [9.17, 15) is 0 Å². The first-order valence-corrected chi connectivity index (χ1v) is 7.57. The third-order valence-electron chi connectivity index (χ3n) is 3.48. The minimum Gasteiger partial charge on any atom is -0.494 e. The Morgan fingerprint density at radius 3 is 2.55 bits per heavy atom. The molecule has 4 nitrogen and oxygen atoms in total. The first-order valence-electron chi connectivity index (χ1n) is 7.16. The number of nitrogens with zero attached hydrogens (tertiary/aromatic N) is 1. The van der Waals surface area contributed by atoms with Crippen LogP contribution in [0.15, 0.2) is 24.3 Å². The van der Waals surface area contributed by atoms with E-state index in [1.165, 1.54) is 0 Å². The van der Waals surface area contributed by atoms with E-state index in [1.54, 1.807) is 0 Å². The maximum absolute atomic E-state index is 5.42. The molecule has 0 amide bonds. The summed E-state index contributed by atoms with van der Waals surface area (Å²) >= 11 is 5.36. The van der Waals surface area contributed by atoms with Gasteiger partial charge in [-0.2, -0.15) is 0 Å². The third kappa shape index (κ3) is 4.65. The van der Waals surface area contributed by atoms with Gasteiger partial charge in [-0.05, 0) is 76.4 Å². The summed E-state index contributed by atoms with van der Waals surface area (Å²) in [5, 5.41) is 7.31. The van der Waals surface area contributed by atoms with Crippen LogP contribution in [0.2, 0.25) is 0 Å². The highest BCUT2D eigenvalue weighted by atomic mass is 32.1. The Balaban J connectivity index is 1.79. The molecule has 1 saturated heterocycles. The minimum absolute atomic E-state index is 0.480. The van der Waals surface area contributed by atoms with Crippen LogP contribution >= 0.6 is 12.2 Å². The number of likely N-dealkylation sites (tertiary alicyclic amines) is 1. The van der Waals surface area contributed by atoms with E-state index in [2.05, 4.69) is 22.6 Å². The molecule has 2 N–H and O–H groups in total. The number of anilines is 1. The Kier molecular flexibility index (Phi) is 5.61. The fourth-order valence-electron chi connectivity index (χ4n) is 2.31. The first-order chi connectivity index (χ1) is 9.67. The molecule has 1 aromatic rings. The molecular weight excluding hydrogens is 270 g/mol. The summed E-state index contributed by atoms with van der Waals surface area (Å²) < 4.78 is 5.42. The third-order valence-corrected chi connectivity index (χ3v) is 3.70. The Bertz CT molecular complexity index is 427. The molecule has 5 heteroatoms. The van der Waals surface area contributed by atoms with Crippen molar-refractivity contribution in [2.24, 2.45) is 0 Å². The lowest BCUT2D eigenvalue weighted by Crippen LogP contribution is -2.44. The molecule has 0 bridgehead atoms. The van der Waals surface area contributed by atoms with Crippen LogP contribution in [-0.4, -0.2) is 42.8 Å². The van der Waals surface area contributed by atoms with E-state index in [1.807, 2.05) is 31.2 Å². The summed E-state index contributed by atoms with van der Waals surface area (Å²) in [6.07, 6.45) is 2.28. The molecule has 1 heterocycles. The zero-order valence-corrected chi connectivity index (χ0v) is 13.0. The largest absolute Gasteiger partial charge is 0.494 e. The molecule has 1 aliphatic rings. The molecule has 110 valence electrons. The average Bonchev–Trinajstić information content (AvgIpc) is 2.44. The molecule has 0 unspecified atom stereocenters. The van der Waals surface area contributed by atoms with E-state index in [0.29, 0.717) is 17.8 Å². The molecule has 20 heavy (non-hydrogen) atoms. The van der Waals surface area contributed by atoms with Crippen molar-refractivity contribution >= 4 is 23.0 Å². The monoisotopic (exact) mass is 293 g/mol. The topological polar surface area (TPSA) is 36.5 Å². The second-order valence-electron chi connectivity index (χ2n) is 5.13. The number of benzene rings is 1.